The third-order valence-electron chi connectivity index (χ3n) is 3.21. The molecule has 0 aliphatic heterocycles. The Morgan fingerprint density at radius 3 is 2.27 bits per heavy atom. The highest BCUT2D eigenvalue weighted by atomic mass is 16.4. The quantitative estimate of drug-likeness (QED) is 0.692. The van der Waals surface area contributed by atoms with Crippen LogP contribution in [0, 0.1) is 0 Å². The van der Waals surface area contributed by atoms with Crippen LogP contribution in [0.2, 0.25) is 0 Å². The summed E-state index contributed by atoms with van der Waals surface area (Å²) >= 11 is 0. The van der Waals surface area contributed by atoms with E-state index in [1.807, 2.05) is 60.7 Å². The van der Waals surface area contributed by atoms with Crippen LogP contribution in [-0.4, -0.2) is 15.7 Å². The summed E-state index contributed by atoms with van der Waals surface area (Å²) in [6.07, 6.45) is 4.32. The van der Waals surface area contributed by atoms with Crippen molar-refractivity contribution in [3.63, 3.8) is 0 Å². The van der Waals surface area contributed by atoms with E-state index in [4.69, 9.17) is 0 Å². The Labute approximate surface area is 128 Å². The lowest BCUT2D eigenvalue weighted by Gasteiger charge is -2.00. The zero-order chi connectivity index (χ0) is 15.4. The molecule has 0 radical (unpaired) electrons. The summed E-state index contributed by atoms with van der Waals surface area (Å²) in [6, 6.07) is 19.3. The van der Waals surface area contributed by atoms with Gasteiger partial charge in [0.25, 0.3) is 0 Å². The maximum absolute atomic E-state index is 10.7. The molecule has 108 valence electrons. The summed E-state index contributed by atoms with van der Waals surface area (Å²) in [4.78, 5) is 10.7. The van der Waals surface area contributed by atoms with Gasteiger partial charge in [0.15, 0.2) is 0 Å². The molecule has 0 atom stereocenters. The number of carbonyl (C=O) groups excluding carboxylic acids is 1. The Kier molecular flexibility index (Phi) is 3.83. The molecule has 1 heterocycles. The molecule has 0 spiro atoms. The number of aliphatic carboxylic acids is 1. The Hall–Kier alpha value is -3.14. The molecule has 2 aromatic carbocycles. The van der Waals surface area contributed by atoms with Crippen LogP contribution in [0.5, 0.6) is 0 Å². The minimum absolute atomic E-state index is 0.722. The highest BCUT2D eigenvalue weighted by Crippen LogP contribution is 2.24. The van der Waals surface area contributed by atoms with Crippen LogP contribution in [0.25, 0.3) is 23.0 Å². The fourth-order valence-corrected chi connectivity index (χ4v) is 2.20. The summed E-state index contributed by atoms with van der Waals surface area (Å²) < 4.78 is 1.73. The van der Waals surface area contributed by atoms with Crippen LogP contribution in [0.15, 0.2) is 72.9 Å². The van der Waals surface area contributed by atoms with Gasteiger partial charge in [0.05, 0.1) is 17.4 Å². The van der Waals surface area contributed by atoms with Gasteiger partial charge in [-0.05, 0) is 24.3 Å². The van der Waals surface area contributed by atoms with Gasteiger partial charge in [0, 0.05) is 17.3 Å². The predicted molar refractivity (Wildman–Crippen MR) is 83.0 cm³/mol. The van der Waals surface area contributed by atoms with E-state index in [2.05, 4.69) is 5.10 Å². The van der Waals surface area contributed by atoms with E-state index in [0.29, 0.717) is 0 Å². The fraction of sp³-hybridized carbons (Fsp3) is 0. The fourth-order valence-electron chi connectivity index (χ4n) is 2.20. The molecule has 1 aromatic heterocycles. The summed E-state index contributed by atoms with van der Waals surface area (Å²) in [6.45, 7) is 0. The predicted octanol–water partition coefficient (Wildman–Crippen LogP) is 2.30. The molecule has 0 N–H and O–H groups in total. The molecule has 0 saturated carbocycles. The Morgan fingerprint density at radius 2 is 1.64 bits per heavy atom. The minimum Gasteiger partial charge on any atom is -0.545 e. The lowest BCUT2D eigenvalue weighted by Crippen LogP contribution is -2.18. The number of para-hydroxylation sites is 1. The third-order valence-corrected chi connectivity index (χ3v) is 3.21. The van der Waals surface area contributed by atoms with Gasteiger partial charge in [-0.25, -0.2) is 4.68 Å². The standard InChI is InChI=1S/C18H14N2O2/c21-17(22)12-11-15-13-20(16-9-5-2-6-10-16)19-18(15)14-7-3-1-4-8-14/h1-13H,(H,21,22)/p-1/b12-11-. The number of benzene rings is 2. The molecule has 0 bridgehead atoms. The molecule has 3 rings (SSSR count). The Bertz CT molecular complexity index is 806. The number of nitrogens with zero attached hydrogens (tertiary/aromatic N) is 2. The first kappa shape index (κ1) is 13.8. The molecule has 0 aliphatic carbocycles. The second-order valence-electron chi connectivity index (χ2n) is 4.73. The molecule has 22 heavy (non-hydrogen) atoms. The van der Waals surface area contributed by atoms with Crippen molar-refractivity contribution in [2.24, 2.45) is 0 Å². The smallest absolute Gasteiger partial charge is 0.0999 e. The number of aromatic nitrogens is 2. The highest BCUT2D eigenvalue weighted by molar-refractivity contribution is 5.85. The van der Waals surface area contributed by atoms with Gasteiger partial charge in [-0.1, -0.05) is 48.5 Å². The number of carboxylic acids is 1. The molecule has 0 amide bonds. The number of hydrogen-bond donors (Lipinski definition) is 0. The first-order valence-corrected chi connectivity index (χ1v) is 6.83. The van der Waals surface area contributed by atoms with Crippen molar-refractivity contribution >= 4 is 12.0 Å². The van der Waals surface area contributed by atoms with E-state index in [-0.39, 0.29) is 0 Å². The second kappa shape index (κ2) is 6.10. The first-order chi connectivity index (χ1) is 10.7. The van der Waals surface area contributed by atoms with E-state index in [9.17, 15) is 9.90 Å². The van der Waals surface area contributed by atoms with Crippen molar-refractivity contribution in [3.8, 4) is 16.9 Å². The van der Waals surface area contributed by atoms with Crippen LogP contribution in [0.3, 0.4) is 0 Å². The van der Waals surface area contributed by atoms with E-state index in [1.165, 1.54) is 6.08 Å². The van der Waals surface area contributed by atoms with Gasteiger partial charge < -0.3 is 9.90 Å². The van der Waals surface area contributed by atoms with Crippen molar-refractivity contribution in [1.29, 1.82) is 0 Å². The van der Waals surface area contributed by atoms with Crippen LogP contribution < -0.4 is 5.11 Å². The molecule has 3 aromatic rings. The monoisotopic (exact) mass is 289 g/mol. The van der Waals surface area contributed by atoms with Crippen LogP contribution in [0.1, 0.15) is 5.56 Å². The average molecular weight is 289 g/mol. The summed E-state index contributed by atoms with van der Waals surface area (Å²) in [5.41, 5.74) is 3.28. The maximum Gasteiger partial charge on any atom is 0.0999 e. The maximum atomic E-state index is 10.7. The number of carbonyl (C=O) groups is 1. The topological polar surface area (TPSA) is 57.9 Å². The molecule has 0 unspecified atom stereocenters. The lowest BCUT2D eigenvalue weighted by molar-refractivity contribution is -0.297. The summed E-state index contributed by atoms with van der Waals surface area (Å²) in [5.74, 6) is -1.23. The molecule has 4 nitrogen and oxygen atoms in total. The van der Waals surface area contributed by atoms with Gasteiger partial charge in [0.2, 0.25) is 0 Å². The normalized spacial score (nSPS) is 10.9. The van der Waals surface area contributed by atoms with Crippen molar-refractivity contribution < 1.29 is 9.90 Å². The lowest BCUT2D eigenvalue weighted by atomic mass is 10.1. The average Bonchev–Trinajstić information content (AvgIpc) is 2.99. The van der Waals surface area contributed by atoms with Crippen LogP contribution in [0.4, 0.5) is 0 Å². The van der Waals surface area contributed by atoms with E-state index >= 15 is 0 Å². The van der Waals surface area contributed by atoms with Gasteiger partial charge in [-0.15, -0.1) is 0 Å². The summed E-state index contributed by atoms with van der Waals surface area (Å²) in [5, 5.41) is 15.3. The minimum atomic E-state index is -1.23. The zero-order valence-corrected chi connectivity index (χ0v) is 11.7. The number of carboxylic acid groups (broad SMARTS) is 1. The SMILES string of the molecule is O=C([O-])/C=C\c1cn(-c2ccccc2)nc1-c1ccccc1. The summed E-state index contributed by atoms with van der Waals surface area (Å²) in [7, 11) is 0. The second-order valence-corrected chi connectivity index (χ2v) is 4.73. The largest absolute Gasteiger partial charge is 0.545 e. The molecule has 0 fully saturated rings. The van der Waals surface area contributed by atoms with E-state index in [0.717, 1.165) is 28.6 Å². The van der Waals surface area contributed by atoms with Crippen LogP contribution in [-0.2, 0) is 4.79 Å². The van der Waals surface area contributed by atoms with Gasteiger partial charge >= 0.3 is 0 Å². The molecular formula is C18H13N2O2-. The molecule has 4 heteroatoms. The van der Waals surface area contributed by atoms with E-state index in [1.54, 1.807) is 10.9 Å². The Morgan fingerprint density at radius 1 is 1.00 bits per heavy atom. The highest BCUT2D eigenvalue weighted by Gasteiger charge is 2.09. The van der Waals surface area contributed by atoms with E-state index < -0.39 is 5.97 Å². The Balaban J connectivity index is 2.11. The first-order valence-electron chi connectivity index (χ1n) is 6.83. The van der Waals surface area contributed by atoms with Crippen molar-refractivity contribution in [2.45, 2.75) is 0 Å². The van der Waals surface area contributed by atoms with Gasteiger partial charge in [0.1, 0.15) is 0 Å². The zero-order valence-electron chi connectivity index (χ0n) is 11.7. The van der Waals surface area contributed by atoms with Gasteiger partial charge in [-0.3, -0.25) is 0 Å². The molecule has 0 saturated heterocycles. The van der Waals surface area contributed by atoms with Gasteiger partial charge in [-0.2, -0.15) is 5.10 Å². The van der Waals surface area contributed by atoms with Crippen molar-refractivity contribution in [1.82, 2.24) is 9.78 Å². The van der Waals surface area contributed by atoms with Crippen LogP contribution >= 0.6 is 0 Å². The molecule has 0 aliphatic rings. The van der Waals surface area contributed by atoms with Crippen molar-refractivity contribution in [2.75, 3.05) is 0 Å². The van der Waals surface area contributed by atoms with Crippen molar-refractivity contribution in [3.05, 3.63) is 78.5 Å². The third kappa shape index (κ3) is 2.96. The number of rotatable bonds is 4. The number of hydrogen-bond acceptors (Lipinski definition) is 3. The molecular weight excluding hydrogens is 276 g/mol.